The molecule has 1 aliphatic carbocycles. The lowest BCUT2D eigenvalue weighted by atomic mass is 10.0. The molecule has 1 unspecified atom stereocenters. The Bertz CT molecular complexity index is 588. The van der Waals surface area contributed by atoms with Crippen molar-refractivity contribution in [2.45, 2.75) is 6.92 Å². The van der Waals surface area contributed by atoms with Crippen molar-refractivity contribution >= 4 is 17.6 Å². The Morgan fingerprint density at radius 3 is 1.75 bits per heavy atom. The van der Waals surface area contributed by atoms with Crippen molar-refractivity contribution in [1.82, 2.24) is 10.6 Å². The fraction of sp³-hybridized carbons (Fsp3) is 0.471. The smallest absolute Gasteiger partial charge is 0.224 e. The van der Waals surface area contributed by atoms with Crippen LogP contribution in [-0.4, -0.2) is 54.1 Å². The third-order valence-corrected chi connectivity index (χ3v) is 4.09. The van der Waals surface area contributed by atoms with E-state index < -0.39 is 29.6 Å². The Morgan fingerprint density at radius 2 is 1.33 bits per heavy atom. The highest BCUT2D eigenvalue weighted by atomic mass is 16.3. The molecule has 2 amide bonds. The summed E-state index contributed by atoms with van der Waals surface area (Å²) in [5.41, 5.74) is 1.47. The Morgan fingerprint density at radius 1 is 0.875 bits per heavy atom. The van der Waals surface area contributed by atoms with E-state index in [9.17, 15) is 14.4 Å². The number of hydrogen-bond donors (Lipinski definition) is 4. The molecule has 7 nitrogen and oxygen atoms in total. The van der Waals surface area contributed by atoms with Crippen LogP contribution >= 0.6 is 0 Å². The molecule has 0 saturated heterocycles. The van der Waals surface area contributed by atoms with Gasteiger partial charge in [-0.25, -0.2) is 0 Å². The summed E-state index contributed by atoms with van der Waals surface area (Å²) in [6.07, 6.45) is 0. The maximum absolute atomic E-state index is 12.6. The minimum Gasteiger partial charge on any atom is -0.395 e. The van der Waals surface area contributed by atoms with E-state index in [0.29, 0.717) is 5.56 Å². The second-order valence-electron chi connectivity index (χ2n) is 5.84. The second-order valence-corrected chi connectivity index (χ2v) is 5.84. The van der Waals surface area contributed by atoms with E-state index >= 15 is 0 Å². The number of carbonyl (C=O) groups excluding carboxylic acids is 3. The van der Waals surface area contributed by atoms with Crippen LogP contribution in [0.1, 0.15) is 15.9 Å². The van der Waals surface area contributed by atoms with Gasteiger partial charge in [-0.15, -0.1) is 0 Å². The van der Waals surface area contributed by atoms with Crippen molar-refractivity contribution in [2.24, 2.45) is 17.8 Å². The zero-order chi connectivity index (χ0) is 17.7. The van der Waals surface area contributed by atoms with E-state index in [1.165, 1.54) is 0 Å². The summed E-state index contributed by atoms with van der Waals surface area (Å²) in [5.74, 6) is -3.29. The molecule has 24 heavy (non-hydrogen) atoms. The zero-order valence-corrected chi connectivity index (χ0v) is 13.5. The summed E-state index contributed by atoms with van der Waals surface area (Å²) in [5, 5.41) is 22.6. The molecule has 0 aliphatic heterocycles. The molecule has 130 valence electrons. The van der Waals surface area contributed by atoms with Gasteiger partial charge in [0.1, 0.15) is 0 Å². The first-order chi connectivity index (χ1) is 11.5. The van der Waals surface area contributed by atoms with Gasteiger partial charge in [0.15, 0.2) is 5.78 Å². The Kier molecular flexibility index (Phi) is 6.05. The van der Waals surface area contributed by atoms with Gasteiger partial charge in [-0.1, -0.05) is 29.8 Å². The molecule has 1 fully saturated rings. The predicted octanol–water partition coefficient (Wildman–Crippen LogP) is -0.743. The molecule has 0 aromatic heterocycles. The highest BCUT2D eigenvalue weighted by Crippen LogP contribution is 2.48. The monoisotopic (exact) mass is 334 g/mol. The number of carbonyl (C=O) groups is 3. The van der Waals surface area contributed by atoms with Crippen molar-refractivity contribution < 1.29 is 24.6 Å². The molecule has 0 spiro atoms. The average Bonchev–Trinajstić information content (AvgIpc) is 3.33. The summed E-state index contributed by atoms with van der Waals surface area (Å²) in [4.78, 5) is 36.9. The molecule has 4 N–H and O–H groups in total. The number of ketones is 1. The minimum atomic E-state index is -0.746. The highest BCUT2D eigenvalue weighted by Gasteiger charge is 2.62. The maximum atomic E-state index is 12.6. The van der Waals surface area contributed by atoms with Gasteiger partial charge in [-0.3, -0.25) is 14.4 Å². The lowest BCUT2D eigenvalue weighted by Gasteiger charge is -2.03. The first-order valence-electron chi connectivity index (χ1n) is 7.89. The summed E-state index contributed by atoms with van der Waals surface area (Å²) in [6, 6.07) is 6.97. The largest absolute Gasteiger partial charge is 0.395 e. The molecule has 3 atom stereocenters. The molecule has 1 saturated carbocycles. The van der Waals surface area contributed by atoms with Gasteiger partial charge in [0, 0.05) is 24.6 Å². The fourth-order valence-corrected chi connectivity index (χ4v) is 2.79. The molecule has 0 heterocycles. The van der Waals surface area contributed by atoms with Gasteiger partial charge in [0.2, 0.25) is 11.8 Å². The normalized spacial score (nSPS) is 21.9. The number of amides is 2. The third kappa shape index (κ3) is 3.98. The summed E-state index contributed by atoms with van der Waals surface area (Å²) in [7, 11) is 0. The van der Waals surface area contributed by atoms with Gasteiger partial charge in [0.05, 0.1) is 25.0 Å². The first-order valence-corrected chi connectivity index (χ1v) is 7.89. The van der Waals surface area contributed by atoms with E-state index in [-0.39, 0.29) is 32.1 Å². The second kappa shape index (κ2) is 8.03. The molecular weight excluding hydrogens is 312 g/mol. The van der Waals surface area contributed by atoms with Crippen molar-refractivity contribution in [3.05, 3.63) is 35.4 Å². The highest BCUT2D eigenvalue weighted by molar-refractivity contribution is 6.09. The number of benzene rings is 1. The van der Waals surface area contributed by atoms with Crippen LogP contribution in [0.3, 0.4) is 0 Å². The van der Waals surface area contributed by atoms with E-state index in [4.69, 9.17) is 10.2 Å². The SMILES string of the molecule is Cc1ccc(C(=O)C2[C@@H](C(=O)NCCO)[C@H]2C(=O)NCCO)cc1. The molecular formula is C17H22N2O5. The predicted molar refractivity (Wildman–Crippen MR) is 86.2 cm³/mol. The number of aryl methyl sites for hydroxylation is 1. The number of rotatable bonds is 8. The van der Waals surface area contributed by atoms with Crippen LogP contribution < -0.4 is 10.6 Å². The Balaban J connectivity index is 2.14. The standard InChI is InChI=1S/C17H22N2O5/c1-10-2-4-11(5-3-10)15(22)12-13(16(23)18-6-8-20)14(12)17(24)19-7-9-21/h2-5,12-14,20-21H,6-9H2,1H3,(H,18,23)(H,19,24)/t12?,13-,14+. The Labute approximate surface area is 140 Å². The van der Waals surface area contributed by atoms with Crippen LogP contribution in [0.4, 0.5) is 0 Å². The van der Waals surface area contributed by atoms with Crippen LogP contribution in [0, 0.1) is 24.7 Å². The van der Waals surface area contributed by atoms with Gasteiger partial charge in [0.25, 0.3) is 0 Å². The molecule has 1 aromatic carbocycles. The zero-order valence-electron chi connectivity index (χ0n) is 13.5. The number of Topliss-reactive ketones (excluding diaryl/α,β-unsaturated/α-hetero) is 1. The van der Waals surface area contributed by atoms with E-state index in [1.54, 1.807) is 24.3 Å². The summed E-state index contributed by atoms with van der Waals surface area (Å²) >= 11 is 0. The van der Waals surface area contributed by atoms with E-state index in [0.717, 1.165) is 5.56 Å². The van der Waals surface area contributed by atoms with Crippen molar-refractivity contribution in [3.63, 3.8) is 0 Å². The quantitative estimate of drug-likeness (QED) is 0.467. The number of aliphatic hydroxyl groups excluding tert-OH is 2. The molecule has 0 radical (unpaired) electrons. The van der Waals surface area contributed by atoms with E-state index in [2.05, 4.69) is 10.6 Å². The van der Waals surface area contributed by atoms with E-state index in [1.807, 2.05) is 6.92 Å². The number of aliphatic hydroxyl groups is 2. The lowest BCUT2D eigenvalue weighted by molar-refractivity contribution is -0.127. The van der Waals surface area contributed by atoms with Crippen molar-refractivity contribution in [1.29, 1.82) is 0 Å². The Hall–Kier alpha value is -2.25. The van der Waals surface area contributed by atoms with Gasteiger partial charge >= 0.3 is 0 Å². The van der Waals surface area contributed by atoms with Crippen molar-refractivity contribution in [2.75, 3.05) is 26.3 Å². The summed E-state index contributed by atoms with van der Waals surface area (Å²) in [6.45, 7) is 1.63. The third-order valence-electron chi connectivity index (χ3n) is 4.09. The molecule has 0 bridgehead atoms. The van der Waals surface area contributed by atoms with Crippen LogP contribution in [-0.2, 0) is 9.59 Å². The van der Waals surface area contributed by atoms with Gasteiger partial charge in [-0.2, -0.15) is 0 Å². The lowest BCUT2D eigenvalue weighted by Crippen LogP contribution is -2.32. The minimum absolute atomic E-state index is 0.0752. The maximum Gasteiger partial charge on any atom is 0.224 e. The van der Waals surface area contributed by atoms with Crippen LogP contribution in [0.25, 0.3) is 0 Å². The number of hydrogen-bond acceptors (Lipinski definition) is 5. The van der Waals surface area contributed by atoms with Crippen molar-refractivity contribution in [3.8, 4) is 0 Å². The first kappa shape index (κ1) is 18.1. The molecule has 2 rings (SSSR count). The van der Waals surface area contributed by atoms with Crippen LogP contribution in [0.2, 0.25) is 0 Å². The number of nitrogens with one attached hydrogen (secondary N) is 2. The average molecular weight is 334 g/mol. The van der Waals surface area contributed by atoms with Gasteiger partial charge < -0.3 is 20.8 Å². The molecule has 7 heteroatoms. The van der Waals surface area contributed by atoms with Crippen LogP contribution in [0.15, 0.2) is 24.3 Å². The topological polar surface area (TPSA) is 116 Å². The fourth-order valence-electron chi connectivity index (χ4n) is 2.79. The summed E-state index contributed by atoms with van der Waals surface area (Å²) < 4.78 is 0. The van der Waals surface area contributed by atoms with Gasteiger partial charge in [-0.05, 0) is 6.92 Å². The molecule has 1 aliphatic rings. The van der Waals surface area contributed by atoms with Crippen LogP contribution in [0.5, 0.6) is 0 Å². The molecule has 1 aromatic rings.